The van der Waals surface area contributed by atoms with E-state index >= 15 is 0 Å². The molecule has 10 heteroatoms. The first-order valence-corrected chi connectivity index (χ1v) is 11.7. The number of rotatable bonds is 5. The Labute approximate surface area is 196 Å². The Morgan fingerprint density at radius 3 is 2.59 bits per heavy atom. The van der Waals surface area contributed by atoms with Crippen molar-refractivity contribution in [2.24, 2.45) is 11.3 Å². The lowest BCUT2D eigenvalue weighted by molar-refractivity contribution is -0.0222. The van der Waals surface area contributed by atoms with Crippen LogP contribution >= 0.6 is 0 Å². The van der Waals surface area contributed by atoms with Gasteiger partial charge in [-0.1, -0.05) is 0 Å². The van der Waals surface area contributed by atoms with Crippen LogP contribution in [0.3, 0.4) is 0 Å². The summed E-state index contributed by atoms with van der Waals surface area (Å²) in [7, 11) is 0. The highest BCUT2D eigenvalue weighted by Crippen LogP contribution is 2.58. The number of carbonyl (C=O) groups excluding carboxylic acids is 1. The minimum absolute atomic E-state index is 0.155. The zero-order chi connectivity index (χ0) is 24.1. The van der Waals surface area contributed by atoms with E-state index in [1.54, 1.807) is 36.1 Å². The van der Waals surface area contributed by atoms with Crippen molar-refractivity contribution in [3.8, 4) is 0 Å². The highest BCUT2D eigenvalue weighted by Gasteiger charge is 2.56. The molecule has 3 heterocycles. The zero-order valence-electron chi connectivity index (χ0n) is 19.2. The molecular weight excluding hydrogens is 445 g/mol. The Hall–Kier alpha value is -3.04. The summed E-state index contributed by atoms with van der Waals surface area (Å²) in [6.07, 6.45) is 1.14. The number of amides is 1. The van der Waals surface area contributed by atoms with Crippen molar-refractivity contribution in [2.45, 2.75) is 38.5 Å². The van der Waals surface area contributed by atoms with E-state index in [4.69, 9.17) is 5.73 Å². The van der Waals surface area contributed by atoms with Crippen LogP contribution in [0.5, 0.6) is 0 Å². The Bertz CT molecular complexity index is 1100. The molecule has 2 atom stereocenters. The van der Waals surface area contributed by atoms with Gasteiger partial charge in [-0.05, 0) is 43.9 Å². The maximum absolute atomic E-state index is 13.5. The summed E-state index contributed by atoms with van der Waals surface area (Å²) in [6.45, 7) is 3.16. The van der Waals surface area contributed by atoms with E-state index in [9.17, 15) is 18.0 Å². The molecule has 2 saturated heterocycles. The molecule has 0 spiro atoms. The van der Waals surface area contributed by atoms with Gasteiger partial charge in [0, 0.05) is 61.9 Å². The molecule has 2 aliphatic heterocycles. The molecule has 1 aromatic carbocycles. The van der Waals surface area contributed by atoms with Crippen LogP contribution in [0.2, 0.25) is 0 Å². The summed E-state index contributed by atoms with van der Waals surface area (Å²) in [4.78, 5) is 25.9. The first-order valence-electron chi connectivity index (χ1n) is 11.7. The summed E-state index contributed by atoms with van der Waals surface area (Å²) in [6, 6.07) is 6.80. The van der Waals surface area contributed by atoms with Crippen LogP contribution in [0.15, 0.2) is 24.3 Å². The van der Waals surface area contributed by atoms with Gasteiger partial charge in [0.2, 0.25) is 5.95 Å². The molecule has 1 saturated carbocycles. The number of alkyl halides is 3. The normalized spacial score (nSPS) is 25.6. The van der Waals surface area contributed by atoms with Gasteiger partial charge >= 0.3 is 0 Å². The van der Waals surface area contributed by atoms with E-state index in [0.717, 1.165) is 18.5 Å². The standard InChI is InChI=1S/C24H29F3N6O/c1-15-10-20(31-22(29-15)32-8-5-24(26,27)6-9-32)30-21(34)18-3-2-17(28)11-19(18)33-7-4-23(14-25)12-16(23)13-33/h2-3,10-11,16H,4-9,12-14,28H2,1H3,(H,29,30,31,34). The van der Waals surface area contributed by atoms with Gasteiger partial charge in [0.1, 0.15) is 5.82 Å². The fourth-order valence-corrected chi connectivity index (χ4v) is 5.14. The molecule has 182 valence electrons. The smallest absolute Gasteiger partial charge is 0.258 e. The van der Waals surface area contributed by atoms with Gasteiger partial charge in [0.15, 0.2) is 0 Å². The number of aryl methyl sites for hydroxylation is 1. The number of hydrogen-bond donors (Lipinski definition) is 2. The molecule has 1 amide bonds. The van der Waals surface area contributed by atoms with Crippen molar-refractivity contribution < 1.29 is 18.0 Å². The van der Waals surface area contributed by atoms with E-state index in [1.807, 2.05) is 0 Å². The number of nitrogens with zero attached hydrogens (tertiary/aromatic N) is 4. The van der Waals surface area contributed by atoms with Crippen molar-refractivity contribution in [3.05, 3.63) is 35.5 Å². The number of nitrogens with one attached hydrogen (secondary N) is 1. The van der Waals surface area contributed by atoms with Crippen LogP contribution in [0, 0.1) is 18.3 Å². The Morgan fingerprint density at radius 1 is 1.15 bits per heavy atom. The molecule has 34 heavy (non-hydrogen) atoms. The fraction of sp³-hybridized carbons (Fsp3) is 0.542. The minimum atomic E-state index is -2.66. The first kappa shape index (κ1) is 22.7. The van der Waals surface area contributed by atoms with Crippen LogP contribution < -0.4 is 20.9 Å². The minimum Gasteiger partial charge on any atom is -0.399 e. The summed E-state index contributed by atoms with van der Waals surface area (Å²) in [5.74, 6) is -2.07. The van der Waals surface area contributed by atoms with Gasteiger partial charge in [-0.15, -0.1) is 0 Å². The molecule has 2 aromatic rings. The largest absolute Gasteiger partial charge is 0.399 e. The highest BCUT2D eigenvalue weighted by molar-refractivity contribution is 6.08. The van der Waals surface area contributed by atoms with E-state index < -0.39 is 5.92 Å². The predicted molar refractivity (Wildman–Crippen MR) is 125 cm³/mol. The zero-order valence-corrected chi connectivity index (χ0v) is 19.2. The third-order valence-electron chi connectivity index (χ3n) is 7.41. The van der Waals surface area contributed by atoms with Crippen molar-refractivity contribution in [3.63, 3.8) is 0 Å². The summed E-state index contributed by atoms with van der Waals surface area (Å²) < 4.78 is 40.5. The fourth-order valence-electron chi connectivity index (χ4n) is 5.14. The number of nitrogen functional groups attached to an aromatic ring is 1. The molecule has 3 N–H and O–H groups in total. The number of benzene rings is 1. The van der Waals surface area contributed by atoms with Gasteiger partial charge in [0.25, 0.3) is 11.8 Å². The van der Waals surface area contributed by atoms with Crippen LogP contribution in [-0.4, -0.2) is 54.7 Å². The Morgan fingerprint density at radius 2 is 1.88 bits per heavy atom. The van der Waals surface area contributed by atoms with Gasteiger partial charge in [-0.2, -0.15) is 4.98 Å². The second-order valence-electron chi connectivity index (χ2n) is 9.86. The summed E-state index contributed by atoms with van der Waals surface area (Å²) in [5.41, 5.74) is 8.21. The number of carbonyl (C=O) groups is 1. The Balaban J connectivity index is 1.35. The van der Waals surface area contributed by atoms with Crippen LogP contribution in [-0.2, 0) is 0 Å². The second kappa shape index (κ2) is 8.32. The lowest BCUT2D eigenvalue weighted by Crippen LogP contribution is -2.40. The molecule has 0 bridgehead atoms. The average molecular weight is 475 g/mol. The van der Waals surface area contributed by atoms with E-state index in [0.29, 0.717) is 47.7 Å². The number of halogens is 3. The summed E-state index contributed by atoms with van der Waals surface area (Å²) >= 11 is 0. The molecular formula is C24H29F3N6O. The molecule has 1 aromatic heterocycles. The maximum atomic E-state index is 13.5. The SMILES string of the molecule is Cc1cc(NC(=O)c2ccc(N)cc2N2CCC3(CF)CC3C2)nc(N2CCC(F)(F)CC2)n1. The predicted octanol–water partition coefficient (Wildman–Crippen LogP) is 4.04. The van der Waals surface area contributed by atoms with Crippen molar-refractivity contribution in [2.75, 3.05) is 53.7 Å². The number of hydrogen-bond acceptors (Lipinski definition) is 6. The van der Waals surface area contributed by atoms with Gasteiger partial charge in [-0.25, -0.2) is 13.8 Å². The highest BCUT2D eigenvalue weighted by atomic mass is 19.3. The molecule has 3 aliphatic rings. The van der Waals surface area contributed by atoms with E-state index in [2.05, 4.69) is 20.2 Å². The molecule has 7 nitrogen and oxygen atoms in total. The number of fused-ring (bicyclic) bond motifs is 1. The van der Waals surface area contributed by atoms with Gasteiger partial charge in [0.05, 0.1) is 17.9 Å². The number of piperidine rings is 2. The van der Waals surface area contributed by atoms with Crippen LogP contribution in [0.4, 0.5) is 36.3 Å². The van der Waals surface area contributed by atoms with Crippen molar-refractivity contribution >= 4 is 29.0 Å². The Kier molecular flexibility index (Phi) is 5.56. The van der Waals surface area contributed by atoms with Crippen molar-refractivity contribution in [1.29, 1.82) is 0 Å². The van der Waals surface area contributed by atoms with E-state index in [-0.39, 0.29) is 43.9 Å². The maximum Gasteiger partial charge on any atom is 0.258 e. The number of nitrogens with two attached hydrogens (primary N) is 1. The number of aromatic nitrogens is 2. The molecule has 1 aliphatic carbocycles. The van der Waals surface area contributed by atoms with Crippen molar-refractivity contribution in [1.82, 2.24) is 9.97 Å². The summed E-state index contributed by atoms with van der Waals surface area (Å²) in [5, 5.41) is 2.84. The lowest BCUT2D eigenvalue weighted by Gasteiger charge is -2.33. The molecule has 3 fully saturated rings. The lowest BCUT2D eigenvalue weighted by atomic mass is 9.96. The van der Waals surface area contributed by atoms with Crippen LogP contribution in [0.25, 0.3) is 0 Å². The molecule has 2 unspecified atom stereocenters. The quantitative estimate of drug-likeness (QED) is 0.636. The molecule has 0 radical (unpaired) electrons. The first-order chi connectivity index (χ1) is 16.2. The number of anilines is 4. The van der Waals surface area contributed by atoms with E-state index in [1.165, 1.54) is 0 Å². The third-order valence-corrected chi connectivity index (χ3v) is 7.41. The topological polar surface area (TPSA) is 87.4 Å². The monoisotopic (exact) mass is 474 g/mol. The molecule has 5 rings (SSSR count). The van der Waals surface area contributed by atoms with Crippen LogP contribution in [0.1, 0.15) is 41.7 Å². The van der Waals surface area contributed by atoms with Gasteiger partial charge < -0.3 is 20.9 Å². The second-order valence-corrected chi connectivity index (χ2v) is 9.86. The third kappa shape index (κ3) is 4.37. The van der Waals surface area contributed by atoms with Gasteiger partial charge in [-0.3, -0.25) is 9.18 Å². The average Bonchev–Trinajstić information content (AvgIpc) is 3.53.